The number of imidazole rings is 2. The molecule has 3 aliphatic rings. The van der Waals surface area contributed by atoms with Gasteiger partial charge in [-0.1, -0.05) is 0 Å². The molecule has 3 fully saturated rings. The molecule has 0 amide bonds. The Labute approximate surface area is 261 Å². The minimum atomic E-state index is -4.17. The second-order valence-electron chi connectivity index (χ2n) is 10.6. The van der Waals surface area contributed by atoms with Crippen LogP contribution in [0, 0.1) is 0 Å². The zero-order chi connectivity index (χ0) is 32.5. The molecule has 0 spiro atoms. The first kappa shape index (κ1) is 31.6. The fourth-order valence-electron chi connectivity index (χ4n) is 5.46. The molecule has 7 heterocycles. The Morgan fingerprint density at radius 3 is 2.43 bits per heavy atom. The molecule has 4 aromatic heterocycles. The fraction of sp³-hybridized carbons (Fsp3) is 0.545. The van der Waals surface area contributed by atoms with Crippen molar-refractivity contribution in [3.8, 4) is 0 Å². The highest BCUT2D eigenvalue weighted by atomic mass is 32.7. The number of ether oxygens (including phenoxy) is 2. The number of aromatic nitrogens is 8. The van der Waals surface area contributed by atoms with Gasteiger partial charge in [0, 0.05) is 6.66 Å². The van der Waals surface area contributed by atoms with Crippen LogP contribution in [0.3, 0.4) is 0 Å². The van der Waals surface area contributed by atoms with Crippen LogP contribution in [0.25, 0.3) is 22.3 Å². The van der Waals surface area contributed by atoms with Gasteiger partial charge in [-0.05, 0) is 17.6 Å². The number of aromatic amines is 1. The second-order valence-corrected chi connectivity index (χ2v) is 16.7. The van der Waals surface area contributed by atoms with Gasteiger partial charge in [0.15, 0.2) is 41.3 Å². The van der Waals surface area contributed by atoms with Gasteiger partial charge in [-0.25, -0.2) is 28.9 Å². The largest absolute Gasteiger partial charge is 0.389 e. The van der Waals surface area contributed by atoms with Gasteiger partial charge in [-0.15, -0.1) is 0 Å². The molecule has 3 saturated heterocycles. The molecule has 4 aromatic rings. The van der Waals surface area contributed by atoms with Crippen LogP contribution in [0.5, 0.6) is 0 Å². The van der Waals surface area contributed by atoms with Crippen molar-refractivity contribution >= 4 is 59.9 Å². The Kier molecular flexibility index (Phi) is 7.95. The lowest BCUT2D eigenvalue weighted by atomic mass is 10.1. The summed E-state index contributed by atoms with van der Waals surface area (Å²) >= 11 is 0.680. The molecule has 10 atom stereocenters. The zero-order valence-corrected chi connectivity index (χ0v) is 26.5. The maximum Gasteiger partial charge on any atom is 0.389 e. The number of nitrogen functional groups attached to an aromatic ring is 2. The molecule has 3 aliphatic heterocycles. The van der Waals surface area contributed by atoms with E-state index in [1.807, 2.05) is 0 Å². The van der Waals surface area contributed by atoms with Gasteiger partial charge in [0.25, 0.3) is 5.56 Å². The first-order chi connectivity index (χ1) is 21.9. The van der Waals surface area contributed by atoms with Crippen LogP contribution in [0.15, 0.2) is 23.8 Å². The lowest BCUT2D eigenvalue weighted by molar-refractivity contribution is -0.0578. The summed E-state index contributed by atoms with van der Waals surface area (Å²) in [5.74, 6) is -0.147. The summed E-state index contributed by atoms with van der Waals surface area (Å²) in [6, 6.07) is 0. The molecule has 6 unspecified atom stereocenters. The topological polar surface area (TPSA) is 269 Å². The van der Waals surface area contributed by atoms with Gasteiger partial charge >= 0.3 is 14.4 Å². The van der Waals surface area contributed by atoms with Gasteiger partial charge in [0.2, 0.25) is 5.95 Å². The fourth-order valence-corrected chi connectivity index (χ4v) is 8.79. The highest BCUT2D eigenvalue weighted by Gasteiger charge is 2.54. The van der Waals surface area contributed by atoms with Crippen molar-refractivity contribution < 1.29 is 46.2 Å². The second kappa shape index (κ2) is 11.6. The minimum absolute atomic E-state index is 0.0130. The number of rotatable bonds is 3. The van der Waals surface area contributed by atoms with E-state index in [1.54, 1.807) is 0 Å². The van der Waals surface area contributed by atoms with E-state index in [0.717, 1.165) is 6.66 Å². The number of fused-ring (bicyclic) bond motifs is 5. The number of halogens is 1. The summed E-state index contributed by atoms with van der Waals surface area (Å²) in [4.78, 5) is 35.0. The predicted octanol–water partition coefficient (Wildman–Crippen LogP) is 0.729. The Hall–Kier alpha value is -3.04. The van der Waals surface area contributed by atoms with E-state index in [2.05, 4.69) is 29.9 Å². The van der Waals surface area contributed by atoms with E-state index in [1.165, 1.54) is 34.4 Å². The van der Waals surface area contributed by atoms with Crippen LogP contribution in [0.2, 0.25) is 0 Å². The molecular weight excluding hydrogens is 677 g/mol. The number of nitrogens with two attached hydrogens (primary N) is 2. The number of hydrogen-bond acceptors (Lipinski definition) is 18. The summed E-state index contributed by atoms with van der Waals surface area (Å²) in [5, 5.41) is 11.2. The zero-order valence-electron chi connectivity index (χ0n) is 23.9. The van der Waals surface area contributed by atoms with Gasteiger partial charge in [0.1, 0.15) is 42.4 Å². The van der Waals surface area contributed by atoms with Gasteiger partial charge in [-0.2, -0.15) is 4.98 Å². The SMILES string of the molecule is CSP1(=O)OC[C@H]2O[C@@H](n3cnc4c(=O)[nH]c(N)nc43)C(OP(C)(=O)OC[C@H]3O[C@@H](n4cnc5c(N)ncnc54)C(F)C3O1)C2O. The molecular formula is C22H27FN10O10P2S. The number of alkyl halides is 1. The first-order valence-electron chi connectivity index (χ1n) is 13.6. The average molecular weight is 705 g/mol. The number of anilines is 2. The number of aliphatic hydroxyl groups excluding tert-OH is 1. The van der Waals surface area contributed by atoms with Gasteiger partial charge in [-0.3, -0.25) is 37.0 Å². The molecule has 0 saturated carbocycles. The Bertz CT molecular complexity index is 1960. The standard InChI is InChI=1S/C22H27FN10O10P2S/c1-44(36)38-4-9-14(10(23)20(41-9)32-6-28-11-16(24)26-5-27-17(11)32)43-45(37,46-2)39-3-8-13(34)15(42-44)21(40-8)33-7-29-12-18(33)30-22(25)31-19(12)35/h5-10,13-15,20-21,34H,3-4H2,1-2H3,(H2,24,26,27)(H3,25,30,31,35)/t8-,9-,10?,13?,14?,15?,20-,21-,44?,45?/m1/s1. The summed E-state index contributed by atoms with van der Waals surface area (Å²) in [7, 11) is -4.10. The first-order valence-corrected chi connectivity index (χ1v) is 18.9. The Morgan fingerprint density at radius 2 is 1.67 bits per heavy atom. The van der Waals surface area contributed by atoms with Crippen LogP contribution in [0.4, 0.5) is 16.2 Å². The molecule has 248 valence electrons. The van der Waals surface area contributed by atoms with Crippen molar-refractivity contribution in [2.75, 3.05) is 37.6 Å². The van der Waals surface area contributed by atoms with Gasteiger partial charge in [0.05, 0.1) is 25.9 Å². The molecule has 2 bridgehead atoms. The van der Waals surface area contributed by atoms with Crippen LogP contribution in [-0.2, 0) is 36.7 Å². The van der Waals surface area contributed by atoms with Crippen LogP contribution in [0.1, 0.15) is 12.5 Å². The number of nitrogens with zero attached hydrogens (tertiary/aromatic N) is 7. The molecule has 7 rings (SSSR count). The third kappa shape index (κ3) is 5.41. The smallest absolute Gasteiger partial charge is 0.387 e. The monoisotopic (exact) mass is 704 g/mol. The summed E-state index contributed by atoms with van der Waals surface area (Å²) in [6.45, 7) is -4.13. The van der Waals surface area contributed by atoms with Crippen molar-refractivity contribution in [2.45, 2.75) is 49.1 Å². The quantitative estimate of drug-likeness (QED) is 0.214. The van der Waals surface area contributed by atoms with E-state index in [-0.39, 0.29) is 34.1 Å². The molecule has 0 radical (unpaired) electrons. The lowest BCUT2D eigenvalue weighted by Crippen LogP contribution is -2.35. The van der Waals surface area contributed by atoms with E-state index in [0.29, 0.717) is 11.4 Å². The summed E-state index contributed by atoms with van der Waals surface area (Å²) in [6.07, 6.45) is -6.62. The number of nitrogens with one attached hydrogen (secondary N) is 1. The highest BCUT2D eigenvalue weighted by molar-refractivity contribution is 8.54. The van der Waals surface area contributed by atoms with E-state index in [4.69, 9.17) is 39.0 Å². The van der Waals surface area contributed by atoms with Gasteiger partial charge < -0.3 is 30.6 Å². The van der Waals surface area contributed by atoms with Crippen molar-refractivity contribution in [1.82, 2.24) is 39.0 Å². The van der Waals surface area contributed by atoms with Crippen LogP contribution in [-0.4, -0.2) is 107 Å². The molecule has 20 nitrogen and oxygen atoms in total. The Morgan fingerprint density at radius 1 is 0.978 bits per heavy atom. The average Bonchev–Trinajstić information content (AvgIpc) is 3.77. The molecule has 0 aliphatic carbocycles. The third-order valence-electron chi connectivity index (χ3n) is 7.62. The van der Waals surface area contributed by atoms with E-state index >= 15 is 4.39 Å². The Balaban J connectivity index is 1.22. The minimum Gasteiger partial charge on any atom is -0.387 e. The maximum atomic E-state index is 16.2. The van der Waals surface area contributed by atoms with Crippen molar-refractivity contribution in [3.63, 3.8) is 0 Å². The van der Waals surface area contributed by atoms with E-state index < -0.39 is 82.3 Å². The van der Waals surface area contributed by atoms with E-state index in [9.17, 15) is 19.0 Å². The molecule has 24 heteroatoms. The predicted molar refractivity (Wildman–Crippen MR) is 157 cm³/mol. The van der Waals surface area contributed by atoms with Crippen molar-refractivity contribution in [3.05, 3.63) is 29.3 Å². The third-order valence-corrected chi connectivity index (χ3v) is 12.2. The van der Waals surface area contributed by atoms with Crippen LogP contribution < -0.4 is 17.0 Å². The number of aliphatic hydroxyl groups is 1. The number of hydrogen-bond donors (Lipinski definition) is 4. The highest BCUT2D eigenvalue weighted by Crippen LogP contribution is 2.62. The summed E-state index contributed by atoms with van der Waals surface area (Å²) in [5.41, 5.74) is 11.2. The molecule has 46 heavy (non-hydrogen) atoms. The van der Waals surface area contributed by atoms with Crippen LogP contribution >= 0.6 is 25.8 Å². The maximum absolute atomic E-state index is 16.2. The normalized spacial score (nSPS) is 37.1. The van der Waals surface area contributed by atoms with Crippen molar-refractivity contribution in [2.24, 2.45) is 0 Å². The lowest BCUT2D eigenvalue weighted by Gasteiger charge is -2.27. The summed E-state index contributed by atoms with van der Waals surface area (Å²) < 4.78 is 81.1. The molecule has 6 N–H and O–H groups in total. The molecule has 0 aromatic carbocycles. The van der Waals surface area contributed by atoms with Crippen molar-refractivity contribution in [1.29, 1.82) is 0 Å². The number of H-pyrrole nitrogens is 1.